The summed E-state index contributed by atoms with van der Waals surface area (Å²) in [6.07, 6.45) is 1.53. The lowest BCUT2D eigenvalue weighted by atomic mass is 10.1. The fourth-order valence-electron chi connectivity index (χ4n) is 2.00. The highest BCUT2D eigenvalue weighted by Gasteiger charge is 2.32. The van der Waals surface area contributed by atoms with Crippen molar-refractivity contribution in [1.82, 2.24) is 10.2 Å². The van der Waals surface area contributed by atoms with Gasteiger partial charge in [0, 0.05) is 11.0 Å². The number of imide groups is 1. The zero-order chi connectivity index (χ0) is 16.4. The Hall–Kier alpha value is -1.54. The molecule has 0 aliphatic carbocycles. The number of rotatable bonds is 4. The van der Waals surface area contributed by atoms with Gasteiger partial charge in [-0.15, -0.1) is 0 Å². The maximum atomic E-state index is 12.1. The highest BCUT2D eigenvalue weighted by molar-refractivity contribution is 9.13. The number of nitrogens with one attached hydrogen (secondary N) is 1. The molecule has 22 heavy (non-hydrogen) atoms. The molecule has 6 nitrogen and oxygen atoms in total. The Morgan fingerprint density at radius 1 is 1.32 bits per heavy atom. The highest BCUT2D eigenvalue weighted by Crippen LogP contribution is 2.42. The third kappa shape index (κ3) is 2.98. The summed E-state index contributed by atoms with van der Waals surface area (Å²) in [5, 5.41) is 12.5. The van der Waals surface area contributed by atoms with Crippen molar-refractivity contribution in [3.05, 3.63) is 26.3 Å². The minimum absolute atomic E-state index is 0.0344. The molecule has 1 fully saturated rings. The Morgan fingerprint density at radius 3 is 2.55 bits per heavy atom. The van der Waals surface area contributed by atoms with Crippen LogP contribution in [0, 0.1) is 0 Å². The Kier molecular flexibility index (Phi) is 5.12. The number of carbonyl (C=O) groups is 2. The molecule has 0 atom stereocenters. The van der Waals surface area contributed by atoms with E-state index in [9.17, 15) is 14.7 Å². The van der Waals surface area contributed by atoms with Crippen LogP contribution in [-0.2, 0) is 4.79 Å². The van der Waals surface area contributed by atoms with Gasteiger partial charge in [0.25, 0.3) is 5.91 Å². The molecule has 2 N–H and O–H groups in total. The van der Waals surface area contributed by atoms with E-state index in [0.717, 1.165) is 4.90 Å². The molecule has 1 aliphatic heterocycles. The predicted molar refractivity (Wildman–Crippen MR) is 88.6 cm³/mol. The number of carbonyl (C=O) groups excluding carboxylic acids is 2. The number of ether oxygens (including phenoxy) is 1. The molecular weight excluding hydrogens is 420 g/mol. The summed E-state index contributed by atoms with van der Waals surface area (Å²) in [4.78, 5) is 24.9. The Bertz CT molecular complexity index is 673. The highest BCUT2D eigenvalue weighted by atomic mass is 79.9. The van der Waals surface area contributed by atoms with Crippen molar-refractivity contribution in [3.63, 3.8) is 0 Å². The molecule has 0 aromatic heterocycles. The summed E-state index contributed by atoms with van der Waals surface area (Å²) < 4.78 is 6.32. The number of likely N-dealkylation sites (N-methyl/N-ethyl adjacent to an activating group) is 1. The first-order chi connectivity index (χ1) is 10.4. The number of phenols is 1. The summed E-state index contributed by atoms with van der Waals surface area (Å²) in [7, 11) is 0. The lowest BCUT2D eigenvalue weighted by Gasteiger charge is -2.11. The summed E-state index contributed by atoms with van der Waals surface area (Å²) in [5.41, 5.74) is 0.766. The number of urea groups is 1. The quantitative estimate of drug-likeness (QED) is 0.564. The third-order valence-electron chi connectivity index (χ3n) is 3.05. The number of aromatic hydroxyl groups is 1. The Balaban J connectivity index is 2.48. The number of amides is 3. The average Bonchev–Trinajstić information content (AvgIpc) is 2.75. The van der Waals surface area contributed by atoms with Crippen molar-refractivity contribution in [1.29, 1.82) is 0 Å². The fraction of sp³-hybridized carbons (Fsp3) is 0.286. The first kappa shape index (κ1) is 16.8. The molecule has 0 spiro atoms. The number of hydrogen-bond acceptors (Lipinski definition) is 4. The van der Waals surface area contributed by atoms with Gasteiger partial charge in [-0.3, -0.25) is 9.69 Å². The molecule has 1 aromatic carbocycles. The van der Waals surface area contributed by atoms with Gasteiger partial charge in [0.15, 0.2) is 11.5 Å². The zero-order valence-corrected chi connectivity index (χ0v) is 15.1. The lowest BCUT2D eigenvalue weighted by Crippen LogP contribution is -2.30. The molecule has 1 aromatic rings. The van der Waals surface area contributed by atoms with Gasteiger partial charge in [-0.25, -0.2) is 4.79 Å². The Morgan fingerprint density at radius 2 is 2.00 bits per heavy atom. The van der Waals surface area contributed by atoms with Crippen LogP contribution in [0.3, 0.4) is 0 Å². The predicted octanol–water partition coefficient (Wildman–Crippen LogP) is 3.23. The smallest absolute Gasteiger partial charge is 0.328 e. The van der Waals surface area contributed by atoms with Gasteiger partial charge in [-0.05, 0) is 63.4 Å². The second kappa shape index (κ2) is 6.70. The molecule has 0 bridgehead atoms. The number of nitrogens with zero attached hydrogens (tertiary/aromatic N) is 1. The van der Waals surface area contributed by atoms with Crippen molar-refractivity contribution in [3.8, 4) is 11.5 Å². The third-order valence-corrected chi connectivity index (χ3v) is 5.21. The minimum Gasteiger partial charge on any atom is -0.503 e. The number of benzene rings is 1. The van der Waals surface area contributed by atoms with Gasteiger partial charge >= 0.3 is 6.03 Å². The number of halogens is 2. The maximum absolute atomic E-state index is 12.1. The molecule has 1 aliphatic rings. The first-order valence-electron chi connectivity index (χ1n) is 6.58. The van der Waals surface area contributed by atoms with Gasteiger partial charge in [-0.1, -0.05) is 0 Å². The van der Waals surface area contributed by atoms with Crippen molar-refractivity contribution in [2.75, 3.05) is 13.2 Å². The standard InChI is InChI=1S/C14H14Br2N2O4/c1-3-18-13(20)8(17-14(18)21)5-7-6-9(22-4-2)12(19)11(16)10(7)15/h5-6,19H,3-4H2,1-2H3,(H,17,21). The molecule has 0 saturated carbocycles. The molecule has 8 heteroatoms. The zero-order valence-electron chi connectivity index (χ0n) is 11.9. The van der Waals surface area contributed by atoms with Crippen LogP contribution >= 0.6 is 31.9 Å². The van der Waals surface area contributed by atoms with Gasteiger partial charge in [0.05, 0.1) is 11.1 Å². The van der Waals surface area contributed by atoms with E-state index in [1.807, 2.05) is 0 Å². The van der Waals surface area contributed by atoms with Crippen LogP contribution in [0.15, 0.2) is 20.7 Å². The largest absolute Gasteiger partial charge is 0.503 e. The molecule has 0 radical (unpaired) electrons. The normalized spacial score (nSPS) is 16.4. The van der Waals surface area contributed by atoms with Gasteiger partial charge in [-0.2, -0.15) is 0 Å². The van der Waals surface area contributed by atoms with E-state index in [0.29, 0.717) is 27.7 Å². The summed E-state index contributed by atoms with van der Waals surface area (Å²) in [6, 6.07) is 1.15. The average molecular weight is 434 g/mol. The van der Waals surface area contributed by atoms with Crippen molar-refractivity contribution in [2.24, 2.45) is 0 Å². The van der Waals surface area contributed by atoms with Crippen LogP contribution in [0.4, 0.5) is 4.79 Å². The van der Waals surface area contributed by atoms with E-state index < -0.39 is 6.03 Å². The molecule has 0 unspecified atom stereocenters. The molecule has 118 valence electrons. The van der Waals surface area contributed by atoms with Crippen LogP contribution in [0.25, 0.3) is 6.08 Å². The lowest BCUT2D eigenvalue weighted by molar-refractivity contribution is -0.122. The monoisotopic (exact) mass is 432 g/mol. The van der Waals surface area contributed by atoms with Gasteiger partial charge in [0.1, 0.15) is 5.70 Å². The molecule has 2 rings (SSSR count). The number of phenolic OH excluding ortho intramolecular Hbond substituents is 1. The van der Waals surface area contributed by atoms with Gasteiger partial charge in [0.2, 0.25) is 0 Å². The van der Waals surface area contributed by atoms with Crippen LogP contribution in [-0.4, -0.2) is 35.1 Å². The SMILES string of the molecule is CCOc1cc(C=C2NC(=O)N(CC)C2=O)c(Br)c(Br)c1O. The number of hydrogen-bond donors (Lipinski definition) is 2. The minimum atomic E-state index is -0.447. The molecular formula is C14H14Br2N2O4. The van der Waals surface area contributed by atoms with Crippen LogP contribution in [0.1, 0.15) is 19.4 Å². The van der Waals surface area contributed by atoms with Gasteiger partial charge < -0.3 is 15.2 Å². The van der Waals surface area contributed by atoms with E-state index in [1.165, 1.54) is 6.08 Å². The maximum Gasteiger partial charge on any atom is 0.328 e. The van der Waals surface area contributed by atoms with Crippen molar-refractivity contribution in [2.45, 2.75) is 13.8 Å². The molecule has 1 heterocycles. The van der Waals surface area contributed by atoms with E-state index in [-0.39, 0.29) is 23.1 Å². The molecule has 1 saturated heterocycles. The van der Waals surface area contributed by atoms with E-state index in [2.05, 4.69) is 37.2 Å². The topological polar surface area (TPSA) is 78.9 Å². The van der Waals surface area contributed by atoms with E-state index in [4.69, 9.17) is 4.74 Å². The van der Waals surface area contributed by atoms with Crippen molar-refractivity contribution < 1.29 is 19.4 Å². The van der Waals surface area contributed by atoms with Crippen LogP contribution in [0.2, 0.25) is 0 Å². The summed E-state index contributed by atoms with van der Waals surface area (Å²) in [6.45, 7) is 4.21. The Labute approximate surface area is 144 Å². The van der Waals surface area contributed by atoms with Crippen molar-refractivity contribution >= 4 is 49.9 Å². The fourth-order valence-corrected chi connectivity index (χ4v) is 2.84. The summed E-state index contributed by atoms with van der Waals surface area (Å²) >= 11 is 6.61. The van der Waals surface area contributed by atoms with E-state index in [1.54, 1.807) is 19.9 Å². The van der Waals surface area contributed by atoms with E-state index >= 15 is 0 Å². The summed E-state index contributed by atoms with van der Waals surface area (Å²) in [5.74, 6) is -0.136. The van der Waals surface area contributed by atoms with Crippen LogP contribution < -0.4 is 10.1 Å². The molecule has 3 amide bonds. The second-order valence-corrected chi connectivity index (χ2v) is 6.00. The first-order valence-corrected chi connectivity index (χ1v) is 8.17. The van der Waals surface area contributed by atoms with Crippen LogP contribution in [0.5, 0.6) is 11.5 Å². The second-order valence-electron chi connectivity index (χ2n) is 4.41.